The monoisotopic (exact) mass is 259 g/mol. The Balaban J connectivity index is 3.23. The number of nitrogens with zero attached hydrogens (tertiary/aromatic N) is 1. The molecule has 0 aliphatic heterocycles. The maximum Gasteiger partial charge on any atom is 0.241 e. The summed E-state index contributed by atoms with van der Waals surface area (Å²) in [5, 5.41) is 16.5. The molecule has 7 nitrogen and oxygen atoms in total. The van der Waals surface area contributed by atoms with Gasteiger partial charge in [0, 0.05) is 6.42 Å². The van der Waals surface area contributed by atoms with Gasteiger partial charge in [0.1, 0.15) is 4.90 Å². The number of oxime groups is 1. The Bertz CT molecular complexity index is 539. The molecular formula is C9H13N3O4S. The molecule has 1 aromatic carbocycles. The van der Waals surface area contributed by atoms with Gasteiger partial charge in [-0.3, -0.25) is 0 Å². The van der Waals surface area contributed by atoms with Gasteiger partial charge in [-0.1, -0.05) is 11.2 Å². The van der Waals surface area contributed by atoms with E-state index < -0.39 is 10.0 Å². The summed E-state index contributed by atoms with van der Waals surface area (Å²) in [6.07, 6.45) is 0.296. The highest BCUT2D eigenvalue weighted by molar-refractivity contribution is 7.89. The Kier molecular flexibility index (Phi) is 4.05. The number of hydrogen-bond acceptors (Lipinski definition) is 6. The van der Waals surface area contributed by atoms with E-state index in [1.165, 1.54) is 12.1 Å². The molecule has 0 fully saturated rings. The summed E-state index contributed by atoms with van der Waals surface area (Å²) in [5.74, 6) is 4.91. The van der Waals surface area contributed by atoms with Gasteiger partial charge < -0.3 is 10.0 Å². The van der Waals surface area contributed by atoms with Crippen molar-refractivity contribution in [1.29, 1.82) is 0 Å². The van der Waals surface area contributed by atoms with E-state index in [1.54, 1.807) is 13.0 Å². The molecule has 0 heterocycles. The van der Waals surface area contributed by atoms with Gasteiger partial charge in [0.05, 0.1) is 5.71 Å². The molecule has 17 heavy (non-hydrogen) atoms. The van der Waals surface area contributed by atoms with Crippen molar-refractivity contribution in [2.75, 3.05) is 0 Å². The number of primary sulfonamides is 1. The van der Waals surface area contributed by atoms with Crippen molar-refractivity contribution >= 4 is 15.7 Å². The molecule has 94 valence electrons. The minimum atomic E-state index is -3.92. The smallest absolute Gasteiger partial charge is 0.241 e. The van der Waals surface area contributed by atoms with Crippen LogP contribution in [0.5, 0.6) is 5.75 Å². The first-order chi connectivity index (χ1) is 7.88. The van der Waals surface area contributed by atoms with Crippen molar-refractivity contribution in [1.82, 2.24) is 0 Å². The summed E-state index contributed by atoms with van der Waals surface area (Å²) in [4.78, 5) is 4.21. The van der Waals surface area contributed by atoms with Crippen molar-refractivity contribution < 1.29 is 18.5 Å². The lowest BCUT2D eigenvalue weighted by atomic mass is 10.1. The van der Waals surface area contributed by atoms with Crippen molar-refractivity contribution in [3.63, 3.8) is 0 Å². The number of rotatable bonds is 4. The fraction of sp³-hybridized carbons (Fsp3) is 0.222. The first kappa shape index (κ1) is 13.4. The van der Waals surface area contributed by atoms with E-state index in [1.807, 2.05) is 0 Å². The van der Waals surface area contributed by atoms with Crippen LogP contribution < -0.4 is 15.9 Å². The molecule has 8 heteroatoms. The van der Waals surface area contributed by atoms with Crippen LogP contribution in [0.1, 0.15) is 12.5 Å². The van der Waals surface area contributed by atoms with Crippen molar-refractivity contribution in [3.8, 4) is 5.75 Å². The Hall–Kier alpha value is -1.64. The van der Waals surface area contributed by atoms with Crippen LogP contribution in [0.4, 0.5) is 0 Å². The molecule has 0 saturated heterocycles. The highest BCUT2D eigenvalue weighted by Gasteiger charge is 2.16. The van der Waals surface area contributed by atoms with Crippen LogP contribution >= 0.6 is 0 Å². The maximum atomic E-state index is 11.3. The topological polar surface area (TPSA) is 128 Å². The van der Waals surface area contributed by atoms with E-state index in [2.05, 4.69) is 9.99 Å². The van der Waals surface area contributed by atoms with Crippen molar-refractivity contribution in [2.45, 2.75) is 18.2 Å². The number of benzene rings is 1. The van der Waals surface area contributed by atoms with Gasteiger partial charge in [-0.2, -0.15) is 5.90 Å². The van der Waals surface area contributed by atoms with Crippen molar-refractivity contribution in [2.24, 2.45) is 16.2 Å². The van der Waals surface area contributed by atoms with E-state index in [4.69, 9.17) is 16.2 Å². The fourth-order valence-electron chi connectivity index (χ4n) is 1.31. The standard InChI is InChI=1S/C9H13N3O4S/c1-6(12-13)4-7-2-3-8(16-10)9(5-7)17(11,14)15/h2-3,5,13H,4,10H2,1H3,(H2,11,14,15)/b12-6+. The highest BCUT2D eigenvalue weighted by Crippen LogP contribution is 2.23. The summed E-state index contributed by atoms with van der Waals surface area (Å²) >= 11 is 0. The number of sulfonamides is 1. The third-order valence-corrected chi connectivity index (χ3v) is 3.00. The predicted molar refractivity (Wildman–Crippen MR) is 61.2 cm³/mol. The highest BCUT2D eigenvalue weighted by atomic mass is 32.2. The van der Waals surface area contributed by atoms with E-state index in [0.29, 0.717) is 17.7 Å². The van der Waals surface area contributed by atoms with E-state index in [9.17, 15) is 8.42 Å². The Morgan fingerprint density at radius 3 is 2.65 bits per heavy atom. The van der Waals surface area contributed by atoms with Crippen LogP contribution in [0.2, 0.25) is 0 Å². The minimum absolute atomic E-state index is 0.0326. The van der Waals surface area contributed by atoms with E-state index in [0.717, 1.165) is 0 Å². The summed E-state index contributed by atoms with van der Waals surface area (Å²) in [7, 11) is -3.92. The zero-order chi connectivity index (χ0) is 13.1. The third-order valence-electron chi connectivity index (χ3n) is 2.07. The Labute approximate surface area is 98.7 Å². The summed E-state index contributed by atoms with van der Waals surface area (Å²) in [6, 6.07) is 4.32. The van der Waals surface area contributed by atoms with Gasteiger partial charge in [-0.15, -0.1) is 0 Å². The fourth-order valence-corrected chi connectivity index (χ4v) is 2.03. The van der Waals surface area contributed by atoms with Crippen LogP contribution in [0.25, 0.3) is 0 Å². The van der Waals surface area contributed by atoms with Crippen LogP contribution in [0, 0.1) is 0 Å². The van der Waals surface area contributed by atoms with Gasteiger partial charge in [0.15, 0.2) is 5.75 Å². The maximum absolute atomic E-state index is 11.3. The Morgan fingerprint density at radius 1 is 1.53 bits per heavy atom. The normalized spacial score (nSPS) is 12.5. The molecule has 1 rings (SSSR count). The zero-order valence-corrected chi connectivity index (χ0v) is 9.94. The second-order valence-electron chi connectivity index (χ2n) is 3.46. The minimum Gasteiger partial charge on any atom is -0.411 e. The average molecular weight is 259 g/mol. The predicted octanol–water partition coefficient (Wildman–Crippen LogP) is -0.0209. The molecule has 0 spiro atoms. The lowest BCUT2D eigenvalue weighted by Gasteiger charge is -2.07. The molecule has 0 aliphatic rings. The molecule has 1 aromatic rings. The third kappa shape index (κ3) is 3.41. The van der Waals surface area contributed by atoms with Gasteiger partial charge in [0.2, 0.25) is 10.0 Å². The molecule has 0 bridgehead atoms. The molecule has 0 atom stereocenters. The molecule has 0 aliphatic carbocycles. The quantitative estimate of drug-likeness (QED) is 0.397. The van der Waals surface area contributed by atoms with Crippen LogP contribution in [0.3, 0.4) is 0 Å². The zero-order valence-electron chi connectivity index (χ0n) is 9.12. The molecule has 0 aromatic heterocycles. The van der Waals surface area contributed by atoms with Crippen LogP contribution in [-0.2, 0) is 16.4 Å². The Morgan fingerprint density at radius 2 is 2.18 bits per heavy atom. The largest absolute Gasteiger partial charge is 0.411 e. The number of hydrogen-bond donors (Lipinski definition) is 3. The summed E-state index contributed by atoms with van der Waals surface area (Å²) in [6.45, 7) is 1.60. The average Bonchev–Trinajstić information content (AvgIpc) is 2.27. The van der Waals surface area contributed by atoms with E-state index >= 15 is 0 Å². The molecule has 0 saturated carbocycles. The van der Waals surface area contributed by atoms with Gasteiger partial charge in [0.25, 0.3) is 0 Å². The molecular weight excluding hydrogens is 246 g/mol. The second-order valence-corrected chi connectivity index (χ2v) is 4.99. The SMILES string of the molecule is C/C(Cc1ccc(ON)c(S(N)(=O)=O)c1)=N\O. The summed E-state index contributed by atoms with van der Waals surface area (Å²) in [5.41, 5.74) is 1.05. The van der Waals surface area contributed by atoms with Gasteiger partial charge >= 0.3 is 0 Å². The van der Waals surface area contributed by atoms with E-state index in [-0.39, 0.29) is 10.6 Å². The number of nitrogens with two attached hydrogens (primary N) is 2. The van der Waals surface area contributed by atoms with Gasteiger partial charge in [-0.25, -0.2) is 13.6 Å². The van der Waals surface area contributed by atoms with Crippen LogP contribution in [0.15, 0.2) is 28.3 Å². The van der Waals surface area contributed by atoms with Crippen LogP contribution in [-0.4, -0.2) is 19.3 Å². The molecule has 5 N–H and O–H groups in total. The second kappa shape index (κ2) is 5.13. The lowest BCUT2D eigenvalue weighted by molar-refractivity contribution is 0.317. The lowest BCUT2D eigenvalue weighted by Crippen LogP contribution is -2.16. The molecule has 0 radical (unpaired) electrons. The molecule has 0 amide bonds. The van der Waals surface area contributed by atoms with Crippen molar-refractivity contribution in [3.05, 3.63) is 23.8 Å². The first-order valence-electron chi connectivity index (χ1n) is 4.58. The van der Waals surface area contributed by atoms with Gasteiger partial charge in [-0.05, 0) is 24.6 Å². The summed E-state index contributed by atoms with van der Waals surface area (Å²) < 4.78 is 22.6. The first-order valence-corrected chi connectivity index (χ1v) is 6.13. The molecule has 0 unspecified atom stereocenters.